The largest absolute Gasteiger partial charge is 0.311 e. The molecule has 1 aliphatic heterocycles. The first-order valence-electron chi connectivity index (χ1n) is 7.20. The monoisotopic (exact) mass is 224 g/mol. The van der Waals surface area contributed by atoms with Crippen LogP contribution in [0.1, 0.15) is 51.9 Å². The number of nitrogens with zero attached hydrogens (tertiary/aromatic N) is 1. The van der Waals surface area contributed by atoms with E-state index in [-0.39, 0.29) is 0 Å². The highest BCUT2D eigenvalue weighted by Crippen LogP contribution is 2.28. The van der Waals surface area contributed by atoms with Crippen molar-refractivity contribution >= 4 is 0 Å². The van der Waals surface area contributed by atoms with E-state index < -0.39 is 0 Å². The van der Waals surface area contributed by atoms with Crippen LogP contribution in [0.3, 0.4) is 0 Å². The van der Waals surface area contributed by atoms with Crippen molar-refractivity contribution in [3.63, 3.8) is 0 Å². The maximum absolute atomic E-state index is 3.89. The van der Waals surface area contributed by atoms with Crippen molar-refractivity contribution in [3.05, 3.63) is 0 Å². The van der Waals surface area contributed by atoms with Crippen LogP contribution in [-0.4, -0.2) is 37.1 Å². The molecule has 0 amide bonds. The molecule has 94 valence electrons. The Balaban J connectivity index is 1.74. The summed E-state index contributed by atoms with van der Waals surface area (Å²) in [5.74, 6) is 0.959. The number of rotatable bonds is 3. The minimum atomic E-state index is 0.746. The van der Waals surface area contributed by atoms with Gasteiger partial charge in [0.25, 0.3) is 0 Å². The second-order valence-corrected chi connectivity index (χ2v) is 5.93. The van der Waals surface area contributed by atoms with Gasteiger partial charge in [0.1, 0.15) is 0 Å². The van der Waals surface area contributed by atoms with Crippen LogP contribution in [0.25, 0.3) is 0 Å². The Morgan fingerprint density at radius 1 is 1.00 bits per heavy atom. The molecule has 2 fully saturated rings. The van der Waals surface area contributed by atoms with Crippen LogP contribution in [0.2, 0.25) is 0 Å². The molecule has 0 aromatic carbocycles. The molecule has 16 heavy (non-hydrogen) atoms. The second-order valence-electron chi connectivity index (χ2n) is 5.93. The number of nitrogens with one attached hydrogen (secondary N) is 1. The average molecular weight is 224 g/mol. The summed E-state index contributed by atoms with van der Waals surface area (Å²) in [5, 5.41) is 3.89. The zero-order valence-electron chi connectivity index (χ0n) is 11.0. The Hall–Kier alpha value is -0.0800. The van der Waals surface area contributed by atoms with E-state index in [0.717, 1.165) is 18.0 Å². The third-order valence-electron chi connectivity index (χ3n) is 4.56. The first-order chi connectivity index (χ1) is 7.75. The van der Waals surface area contributed by atoms with Gasteiger partial charge in [0, 0.05) is 12.1 Å². The van der Waals surface area contributed by atoms with E-state index in [1.165, 1.54) is 58.0 Å². The first-order valence-corrected chi connectivity index (χ1v) is 7.20. The molecule has 2 atom stereocenters. The van der Waals surface area contributed by atoms with Crippen LogP contribution in [0.15, 0.2) is 0 Å². The molecule has 0 aromatic heterocycles. The minimum Gasteiger partial charge on any atom is -0.311 e. The highest BCUT2D eigenvalue weighted by atomic mass is 15.1. The van der Waals surface area contributed by atoms with Gasteiger partial charge in [-0.25, -0.2) is 0 Å². The molecule has 2 nitrogen and oxygen atoms in total. The molecule has 1 N–H and O–H groups in total. The summed E-state index contributed by atoms with van der Waals surface area (Å²) in [6, 6.07) is 1.52. The molecule has 2 aliphatic rings. The van der Waals surface area contributed by atoms with Crippen molar-refractivity contribution in [2.45, 2.75) is 64.0 Å². The molecule has 0 bridgehead atoms. The maximum Gasteiger partial charge on any atom is 0.00823 e. The Bertz CT molecular complexity index is 199. The molecular weight excluding hydrogens is 196 g/mol. The molecular formula is C14H28N2. The van der Waals surface area contributed by atoms with Crippen LogP contribution >= 0.6 is 0 Å². The molecule has 2 rings (SSSR count). The Kier molecular flexibility index (Phi) is 4.66. The molecule has 1 unspecified atom stereocenters. The fourth-order valence-electron chi connectivity index (χ4n) is 3.37. The van der Waals surface area contributed by atoms with Gasteiger partial charge in [-0.3, -0.25) is 0 Å². The maximum atomic E-state index is 3.89. The highest BCUT2D eigenvalue weighted by Gasteiger charge is 2.24. The topological polar surface area (TPSA) is 15.3 Å². The Morgan fingerprint density at radius 2 is 1.75 bits per heavy atom. The number of likely N-dealkylation sites (tertiary alicyclic amines) is 1. The number of hydrogen-bond acceptors (Lipinski definition) is 2. The SMILES string of the molecule is C[C@H](NC1CCCN(C)CC1)C1CCCC1. The smallest absolute Gasteiger partial charge is 0.00823 e. The Labute approximate surface area is 101 Å². The zero-order valence-corrected chi connectivity index (χ0v) is 11.0. The normalized spacial score (nSPS) is 31.5. The van der Waals surface area contributed by atoms with Crippen molar-refractivity contribution in [3.8, 4) is 0 Å². The van der Waals surface area contributed by atoms with Crippen LogP contribution in [-0.2, 0) is 0 Å². The van der Waals surface area contributed by atoms with Gasteiger partial charge in [0.15, 0.2) is 0 Å². The lowest BCUT2D eigenvalue weighted by Gasteiger charge is -2.26. The average Bonchev–Trinajstić information content (AvgIpc) is 2.72. The van der Waals surface area contributed by atoms with Crippen molar-refractivity contribution in [2.75, 3.05) is 20.1 Å². The lowest BCUT2D eigenvalue weighted by Crippen LogP contribution is -2.40. The standard InChI is InChI=1S/C14H28N2/c1-12(13-6-3-4-7-13)15-14-8-5-10-16(2)11-9-14/h12-15H,3-11H2,1-2H3/t12-,14?/m0/s1. The summed E-state index contributed by atoms with van der Waals surface area (Å²) in [6.07, 6.45) is 9.93. The van der Waals surface area contributed by atoms with Crippen molar-refractivity contribution in [1.82, 2.24) is 10.2 Å². The summed E-state index contributed by atoms with van der Waals surface area (Å²) in [5.41, 5.74) is 0. The zero-order chi connectivity index (χ0) is 11.4. The lowest BCUT2D eigenvalue weighted by atomic mass is 9.97. The lowest BCUT2D eigenvalue weighted by molar-refractivity contribution is 0.313. The first kappa shape index (κ1) is 12.4. The van der Waals surface area contributed by atoms with Crippen LogP contribution in [0, 0.1) is 5.92 Å². The third-order valence-corrected chi connectivity index (χ3v) is 4.56. The van der Waals surface area contributed by atoms with Crippen LogP contribution < -0.4 is 5.32 Å². The van der Waals surface area contributed by atoms with E-state index in [0.29, 0.717) is 0 Å². The third kappa shape index (κ3) is 3.46. The minimum absolute atomic E-state index is 0.746. The molecule has 0 radical (unpaired) electrons. The predicted molar refractivity (Wildman–Crippen MR) is 69.7 cm³/mol. The van der Waals surface area contributed by atoms with Gasteiger partial charge in [0.2, 0.25) is 0 Å². The molecule has 2 heteroatoms. The summed E-state index contributed by atoms with van der Waals surface area (Å²) >= 11 is 0. The van der Waals surface area contributed by atoms with Gasteiger partial charge in [-0.2, -0.15) is 0 Å². The fraction of sp³-hybridized carbons (Fsp3) is 1.00. The van der Waals surface area contributed by atoms with Crippen molar-refractivity contribution in [2.24, 2.45) is 5.92 Å². The van der Waals surface area contributed by atoms with Gasteiger partial charge in [0.05, 0.1) is 0 Å². The van der Waals surface area contributed by atoms with Crippen LogP contribution in [0.5, 0.6) is 0 Å². The molecule has 1 saturated carbocycles. The fourth-order valence-corrected chi connectivity index (χ4v) is 3.37. The van der Waals surface area contributed by atoms with Crippen molar-refractivity contribution in [1.29, 1.82) is 0 Å². The predicted octanol–water partition coefficient (Wildman–Crippen LogP) is 2.64. The van der Waals surface area contributed by atoms with E-state index in [1.807, 2.05) is 0 Å². The van der Waals surface area contributed by atoms with Crippen LogP contribution in [0.4, 0.5) is 0 Å². The molecule has 0 spiro atoms. The summed E-state index contributed by atoms with van der Waals surface area (Å²) in [6.45, 7) is 4.97. The quantitative estimate of drug-likeness (QED) is 0.793. The van der Waals surface area contributed by atoms with Gasteiger partial charge in [-0.05, 0) is 65.1 Å². The summed E-state index contributed by atoms with van der Waals surface area (Å²) in [4.78, 5) is 2.47. The van der Waals surface area contributed by atoms with Gasteiger partial charge < -0.3 is 10.2 Å². The van der Waals surface area contributed by atoms with E-state index in [1.54, 1.807) is 0 Å². The molecule has 1 heterocycles. The van der Waals surface area contributed by atoms with E-state index in [4.69, 9.17) is 0 Å². The van der Waals surface area contributed by atoms with Gasteiger partial charge >= 0.3 is 0 Å². The second kappa shape index (κ2) is 6.02. The van der Waals surface area contributed by atoms with E-state index >= 15 is 0 Å². The number of hydrogen-bond donors (Lipinski definition) is 1. The van der Waals surface area contributed by atoms with Gasteiger partial charge in [-0.1, -0.05) is 12.8 Å². The van der Waals surface area contributed by atoms with Gasteiger partial charge in [-0.15, -0.1) is 0 Å². The van der Waals surface area contributed by atoms with E-state index in [9.17, 15) is 0 Å². The molecule has 1 aliphatic carbocycles. The highest BCUT2D eigenvalue weighted by molar-refractivity contribution is 4.82. The molecule has 0 aromatic rings. The Morgan fingerprint density at radius 3 is 2.50 bits per heavy atom. The summed E-state index contributed by atoms with van der Waals surface area (Å²) < 4.78 is 0. The molecule has 1 saturated heterocycles. The van der Waals surface area contributed by atoms with E-state index in [2.05, 4.69) is 24.2 Å². The van der Waals surface area contributed by atoms with Crippen molar-refractivity contribution < 1.29 is 0 Å². The summed E-state index contributed by atoms with van der Waals surface area (Å²) in [7, 11) is 2.25.